The summed E-state index contributed by atoms with van der Waals surface area (Å²) in [6.45, 7) is 0. The summed E-state index contributed by atoms with van der Waals surface area (Å²) in [4.78, 5) is 27.1. The van der Waals surface area contributed by atoms with Crippen molar-refractivity contribution in [3.8, 4) is 22.4 Å². The highest BCUT2D eigenvalue weighted by molar-refractivity contribution is 5.92. The number of carbonyl (C=O) groups is 1. The first kappa shape index (κ1) is 23.1. The maximum absolute atomic E-state index is 12.2. The Labute approximate surface area is 224 Å². The Kier molecular flexibility index (Phi) is 5.19. The topological polar surface area (TPSA) is 102 Å². The molecule has 1 aliphatic rings. The zero-order chi connectivity index (χ0) is 26.6. The van der Waals surface area contributed by atoms with Gasteiger partial charge in [-0.3, -0.25) is 14.8 Å². The van der Waals surface area contributed by atoms with Crippen LogP contribution in [0, 0.1) is 0 Å². The summed E-state index contributed by atoms with van der Waals surface area (Å²) >= 11 is 0. The van der Waals surface area contributed by atoms with E-state index in [9.17, 15) is 4.79 Å². The Bertz CT molecular complexity index is 1870. The molecule has 1 fully saturated rings. The second kappa shape index (κ2) is 8.76. The number of benzene rings is 2. The van der Waals surface area contributed by atoms with Crippen LogP contribution in [0.3, 0.4) is 0 Å². The van der Waals surface area contributed by atoms with Gasteiger partial charge in [-0.25, -0.2) is 4.98 Å². The van der Waals surface area contributed by atoms with Crippen LogP contribution in [-0.2, 0) is 5.41 Å². The number of amides is 1. The van der Waals surface area contributed by atoms with Crippen LogP contribution in [0.1, 0.15) is 34.7 Å². The van der Waals surface area contributed by atoms with E-state index in [-0.39, 0.29) is 11.3 Å². The van der Waals surface area contributed by atoms with Crippen LogP contribution >= 0.6 is 0 Å². The van der Waals surface area contributed by atoms with Crippen LogP contribution in [0.25, 0.3) is 39.1 Å². The molecule has 2 aromatic carbocycles. The third kappa shape index (κ3) is 3.90. The number of carbonyl (C=O) groups excluding carboxylic acids is 1. The number of aromatic nitrogens is 7. The summed E-state index contributed by atoms with van der Waals surface area (Å²) in [5.41, 5.74) is 5.85. The first-order chi connectivity index (χ1) is 19.0. The number of rotatable bonds is 5. The highest BCUT2D eigenvalue weighted by atomic mass is 16.2. The average molecular weight is 513 g/mol. The fourth-order valence-electron chi connectivity index (χ4n) is 5.05. The second-order valence-corrected chi connectivity index (χ2v) is 10.1. The predicted molar refractivity (Wildman–Crippen MR) is 147 cm³/mol. The number of hydrogen-bond donors (Lipinski definition) is 0. The van der Waals surface area contributed by atoms with Gasteiger partial charge >= 0.3 is 0 Å². The molecule has 1 amide bonds. The molecule has 4 heterocycles. The highest BCUT2D eigenvalue weighted by Gasteiger charge is 2.50. The van der Waals surface area contributed by atoms with Crippen molar-refractivity contribution in [3.63, 3.8) is 0 Å². The lowest BCUT2D eigenvalue weighted by atomic mass is 9.94. The lowest BCUT2D eigenvalue weighted by Gasteiger charge is -2.14. The van der Waals surface area contributed by atoms with Gasteiger partial charge in [0.1, 0.15) is 11.4 Å². The van der Waals surface area contributed by atoms with Gasteiger partial charge in [-0.15, -0.1) is 10.2 Å². The molecular weight excluding hydrogens is 488 g/mol. The molecular formula is C30H24N8O. The van der Waals surface area contributed by atoms with E-state index in [4.69, 9.17) is 5.10 Å². The van der Waals surface area contributed by atoms with Gasteiger partial charge in [-0.1, -0.05) is 36.4 Å². The van der Waals surface area contributed by atoms with Crippen molar-refractivity contribution in [2.45, 2.75) is 18.3 Å². The molecule has 0 unspecified atom stereocenters. The van der Waals surface area contributed by atoms with Gasteiger partial charge in [0.05, 0.1) is 17.1 Å². The van der Waals surface area contributed by atoms with E-state index < -0.39 is 0 Å². The minimum Gasteiger partial charge on any atom is -0.343 e. The molecule has 0 N–H and O–H groups in total. The molecule has 9 nitrogen and oxygen atoms in total. The first-order valence-electron chi connectivity index (χ1n) is 12.7. The van der Waals surface area contributed by atoms with E-state index in [2.05, 4.69) is 49.4 Å². The van der Waals surface area contributed by atoms with Gasteiger partial charge in [0.2, 0.25) is 0 Å². The molecule has 39 heavy (non-hydrogen) atoms. The maximum Gasteiger partial charge on any atom is 0.271 e. The van der Waals surface area contributed by atoms with Crippen molar-refractivity contribution in [3.05, 3.63) is 102 Å². The summed E-state index contributed by atoms with van der Waals surface area (Å²) < 4.78 is 1.78. The molecule has 1 aliphatic carbocycles. The maximum atomic E-state index is 12.2. The normalized spacial score (nSPS) is 14.0. The van der Waals surface area contributed by atoms with Crippen LogP contribution in [0.2, 0.25) is 0 Å². The van der Waals surface area contributed by atoms with Crippen molar-refractivity contribution in [1.29, 1.82) is 0 Å². The molecule has 4 aromatic heterocycles. The third-order valence-electron chi connectivity index (χ3n) is 7.35. The minimum atomic E-state index is -0.240. The lowest BCUT2D eigenvalue weighted by Crippen LogP contribution is -2.22. The molecule has 0 spiro atoms. The van der Waals surface area contributed by atoms with Gasteiger partial charge in [-0.05, 0) is 54.3 Å². The van der Waals surface area contributed by atoms with E-state index in [1.807, 2.05) is 42.6 Å². The average Bonchev–Trinajstić information content (AvgIpc) is 3.68. The van der Waals surface area contributed by atoms with Crippen LogP contribution < -0.4 is 0 Å². The van der Waals surface area contributed by atoms with E-state index in [0.29, 0.717) is 11.5 Å². The monoisotopic (exact) mass is 512 g/mol. The smallest absolute Gasteiger partial charge is 0.271 e. The van der Waals surface area contributed by atoms with Crippen molar-refractivity contribution in [1.82, 2.24) is 39.7 Å². The fraction of sp³-hybridized carbons (Fsp3) is 0.167. The van der Waals surface area contributed by atoms with Gasteiger partial charge < -0.3 is 4.90 Å². The SMILES string of the molecule is CN(C)C(=O)c1ccc(-c2cccc(-c3cnc4nnc(C5(c6ccc7ncccc7c6)CC5)n4n3)c2)cn1. The van der Waals surface area contributed by atoms with Gasteiger partial charge in [-0.2, -0.15) is 9.61 Å². The van der Waals surface area contributed by atoms with Crippen molar-refractivity contribution in [2.24, 2.45) is 0 Å². The number of fused-ring (bicyclic) bond motifs is 2. The largest absolute Gasteiger partial charge is 0.343 e. The number of pyridine rings is 2. The zero-order valence-corrected chi connectivity index (χ0v) is 21.5. The Hall–Kier alpha value is -5.05. The molecule has 9 heteroatoms. The van der Waals surface area contributed by atoms with E-state index in [1.54, 1.807) is 37.1 Å². The second-order valence-electron chi connectivity index (χ2n) is 10.1. The fourth-order valence-corrected chi connectivity index (χ4v) is 5.05. The molecule has 190 valence electrons. The first-order valence-corrected chi connectivity index (χ1v) is 12.7. The van der Waals surface area contributed by atoms with Crippen molar-refractivity contribution >= 4 is 22.6 Å². The minimum absolute atomic E-state index is 0.127. The standard InChI is InChI=1S/C30H24N8O/c1-37(2)27(39)25-10-8-22(17-32-25)19-5-3-6-20(15-19)26-18-33-29-35-34-28(38(29)36-26)30(12-13-30)23-9-11-24-21(16-23)7-4-14-31-24/h3-11,14-18H,12-13H2,1-2H3. The quantitative estimate of drug-likeness (QED) is 0.333. The third-order valence-corrected chi connectivity index (χ3v) is 7.35. The molecule has 0 atom stereocenters. The van der Waals surface area contributed by atoms with Crippen LogP contribution in [0.15, 0.2) is 85.3 Å². The number of nitrogens with zero attached hydrogens (tertiary/aromatic N) is 8. The van der Waals surface area contributed by atoms with E-state index in [1.165, 1.54) is 10.5 Å². The Morgan fingerprint density at radius 2 is 1.72 bits per heavy atom. The van der Waals surface area contributed by atoms with Crippen LogP contribution in [0.4, 0.5) is 0 Å². The zero-order valence-electron chi connectivity index (χ0n) is 21.5. The van der Waals surface area contributed by atoms with Gasteiger partial charge in [0.15, 0.2) is 5.82 Å². The summed E-state index contributed by atoms with van der Waals surface area (Å²) in [7, 11) is 3.43. The summed E-state index contributed by atoms with van der Waals surface area (Å²) in [5.74, 6) is 1.15. The van der Waals surface area contributed by atoms with E-state index in [0.717, 1.165) is 52.0 Å². The molecule has 7 rings (SSSR count). The van der Waals surface area contributed by atoms with Crippen molar-refractivity contribution in [2.75, 3.05) is 14.1 Å². The molecule has 6 aromatic rings. The van der Waals surface area contributed by atoms with E-state index >= 15 is 0 Å². The summed E-state index contributed by atoms with van der Waals surface area (Å²) in [6.07, 6.45) is 7.20. The van der Waals surface area contributed by atoms with Gasteiger partial charge in [0, 0.05) is 43.0 Å². The van der Waals surface area contributed by atoms with Crippen LogP contribution in [0.5, 0.6) is 0 Å². The Balaban J connectivity index is 1.25. The van der Waals surface area contributed by atoms with Crippen LogP contribution in [-0.4, -0.2) is 59.7 Å². The Morgan fingerprint density at radius 3 is 2.51 bits per heavy atom. The van der Waals surface area contributed by atoms with Gasteiger partial charge in [0.25, 0.3) is 11.7 Å². The molecule has 0 bridgehead atoms. The predicted octanol–water partition coefficient (Wildman–Crippen LogP) is 4.58. The molecule has 1 saturated carbocycles. The summed E-state index contributed by atoms with van der Waals surface area (Å²) in [5, 5.41) is 14.9. The lowest BCUT2D eigenvalue weighted by molar-refractivity contribution is 0.0822. The number of hydrogen-bond acceptors (Lipinski definition) is 7. The molecule has 0 radical (unpaired) electrons. The molecule has 0 aliphatic heterocycles. The highest BCUT2D eigenvalue weighted by Crippen LogP contribution is 2.53. The Morgan fingerprint density at radius 1 is 0.846 bits per heavy atom. The molecule has 0 saturated heterocycles. The van der Waals surface area contributed by atoms with Crippen molar-refractivity contribution < 1.29 is 4.79 Å². The summed E-state index contributed by atoms with van der Waals surface area (Å²) in [6, 6.07) is 22.1.